The number of aliphatic hydroxyl groups is 1. The van der Waals surface area contributed by atoms with Gasteiger partial charge in [0.05, 0.1) is 24.3 Å². The Morgan fingerprint density at radius 3 is 2.22 bits per heavy atom. The zero-order valence-electron chi connectivity index (χ0n) is 16.7. The molecule has 3 aromatic rings. The molecule has 1 aliphatic heterocycles. The fourth-order valence-electron chi connectivity index (χ4n) is 3.67. The lowest BCUT2D eigenvalue weighted by Gasteiger charge is -2.25. The van der Waals surface area contributed by atoms with Crippen LogP contribution in [0.2, 0.25) is 5.02 Å². The molecular weight excluding hydrogens is 440 g/mol. The van der Waals surface area contributed by atoms with Crippen molar-refractivity contribution in [2.45, 2.75) is 6.04 Å². The first-order valence-electron chi connectivity index (χ1n) is 9.47. The summed E-state index contributed by atoms with van der Waals surface area (Å²) in [4.78, 5) is 27.2. The SMILES string of the molecule is COc1ccc(F)cc1/C(O)=C1\C(=O)C(=O)N(c2ccc(F)cc2)C1c1ccc(Cl)cc1. The molecule has 0 aliphatic carbocycles. The smallest absolute Gasteiger partial charge is 0.300 e. The van der Waals surface area contributed by atoms with Crippen molar-refractivity contribution in [3.8, 4) is 5.75 Å². The van der Waals surface area contributed by atoms with Crippen molar-refractivity contribution in [1.29, 1.82) is 0 Å². The summed E-state index contributed by atoms with van der Waals surface area (Å²) in [5.74, 6) is -3.55. The van der Waals surface area contributed by atoms with E-state index < -0.39 is 35.1 Å². The van der Waals surface area contributed by atoms with E-state index in [2.05, 4.69) is 0 Å². The number of aliphatic hydroxyl groups excluding tert-OH is 1. The van der Waals surface area contributed by atoms with Crippen LogP contribution in [0.15, 0.2) is 72.3 Å². The lowest BCUT2D eigenvalue weighted by molar-refractivity contribution is -0.132. The van der Waals surface area contributed by atoms with E-state index in [1.807, 2.05) is 0 Å². The van der Waals surface area contributed by atoms with E-state index in [1.165, 1.54) is 25.3 Å². The van der Waals surface area contributed by atoms with E-state index in [0.29, 0.717) is 10.6 Å². The number of benzene rings is 3. The van der Waals surface area contributed by atoms with Gasteiger partial charge < -0.3 is 9.84 Å². The van der Waals surface area contributed by atoms with E-state index >= 15 is 0 Å². The second-order valence-electron chi connectivity index (χ2n) is 7.04. The van der Waals surface area contributed by atoms with E-state index in [-0.39, 0.29) is 22.6 Å². The molecule has 8 heteroatoms. The van der Waals surface area contributed by atoms with Gasteiger partial charge in [0.25, 0.3) is 11.7 Å². The van der Waals surface area contributed by atoms with Crippen LogP contribution in [0.4, 0.5) is 14.5 Å². The summed E-state index contributed by atoms with van der Waals surface area (Å²) < 4.78 is 32.6. The topological polar surface area (TPSA) is 66.8 Å². The van der Waals surface area contributed by atoms with Crippen LogP contribution in [0, 0.1) is 11.6 Å². The van der Waals surface area contributed by atoms with Crippen molar-refractivity contribution < 1.29 is 28.2 Å². The van der Waals surface area contributed by atoms with Gasteiger partial charge in [-0.25, -0.2) is 8.78 Å². The molecule has 0 bridgehead atoms. The molecule has 1 heterocycles. The van der Waals surface area contributed by atoms with Gasteiger partial charge in [-0.2, -0.15) is 0 Å². The Morgan fingerprint density at radius 2 is 1.59 bits per heavy atom. The lowest BCUT2D eigenvalue weighted by atomic mass is 9.95. The maximum atomic E-state index is 13.9. The van der Waals surface area contributed by atoms with Gasteiger partial charge in [-0.3, -0.25) is 14.5 Å². The Labute approximate surface area is 187 Å². The highest BCUT2D eigenvalue weighted by Crippen LogP contribution is 2.43. The number of Topliss-reactive ketones (excluding diaryl/α,β-unsaturated/α-hetero) is 1. The standard InChI is InChI=1S/C24H16ClF2NO4/c1-32-19-11-8-16(27)12-18(19)22(29)20-21(13-2-4-14(25)5-3-13)28(24(31)23(20)30)17-9-6-15(26)7-10-17/h2-12,21,29H,1H3/b22-20+. The number of ketones is 1. The lowest BCUT2D eigenvalue weighted by Crippen LogP contribution is -2.29. The predicted octanol–water partition coefficient (Wildman–Crippen LogP) is 5.25. The summed E-state index contributed by atoms with van der Waals surface area (Å²) >= 11 is 5.99. The summed E-state index contributed by atoms with van der Waals surface area (Å²) in [6.45, 7) is 0. The van der Waals surface area contributed by atoms with E-state index in [0.717, 1.165) is 29.2 Å². The number of carbonyl (C=O) groups excluding carboxylic acids is 2. The molecule has 1 amide bonds. The number of hydrogen-bond donors (Lipinski definition) is 1. The maximum absolute atomic E-state index is 13.9. The third kappa shape index (κ3) is 3.71. The molecular formula is C24H16ClF2NO4. The van der Waals surface area contributed by atoms with Gasteiger partial charge in [0.1, 0.15) is 23.1 Å². The number of halogens is 3. The van der Waals surface area contributed by atoms with E-state index in [9.17, 15) is 23.5 Å². The number of carbonyl (C=O) groups is 2. The van der Waals surface area contributed by atoms with Crippen LogP contribution in [0.25, 0.3) is 5.76 Å². The summed E-state index contributed by atoms with van der Waals surface area (Å²) in [5.41, 5.74) is 0.377. The van der Waals surface area contributed by atoms with Crippen molar-refractivity contribution in [2.24, 2.45) is 0 Å². The Kier molecular flexibility index (Phi) is 5.67. The first kappa shape index (κ1) is 21.5. The molecule has 162 valence electrons. The van der Waals surface area contributed by atoms with E-state index in [4.69, 9.17) is 16.3 Å². The predicted molar refractivity (Wildman–Crippen MR) is 116 cm³/mol. The number of rotatable bonds is 4. The highest BCUT2D eigenvalue weighted by Gasteiger charge is 2.47. The molecule has 0 spiro atoms. The van der Waals surface area contributed by atoms with Gasteiger partial charge in [-0.1, -0.05) is 23.7 Å². The highest BCUT2D eigenvalue weighted by molar-refractivity contribution is 6.51. The molecule has 1 aliphatic rings. The fraction of sp³-hybridized carbons (Fsp3) is 0.0833. The number of nitrogens with zero attached hydrogens (tertiary/aromatic N) is 1. The largest absolute Gasteiger partial charge is 0.507 e. The van der Waals surface area contributed by atoms with Crippen LogP contribution < -0.4 is 9.64 Å². The Balaban J connectivity index is 1.98. The molecule has 1 saturated heterocycles. The molecule has 1 atom stereocenters. The van der Waals surface area contributed by atoms with Gasteiger partial charge in [-0.05, 0) is 60.2 Å². The van der Waals surface area contributed by atoms with Crippen LogP contribution in [-0.2, 0) is 9.59 Å². The zero-order valence-corrected chi connectivity index (χ0v) is 17.4. The van der Waals surface area contributed by atoms with Crippen LogP contribution in [0.5, 0.6) is 5.75 Å². The van der Waals surface area contributed by atoms with E-state index in [1.54, 1.807) is 24.3 Å². The second-order valence-corrected chi connectivity index (χ2v) is 7.48. The van der Waals surface area contributed by atoms with Gasteiger partial charge in [0, 0.05) is 10.7 Å². The van der Waals surface area contributed by atoms with Crippen molar-refractivity contribution in [3.63, 3.8) is 0 Å². The van der Waals surface area contributed by atoms with Crippen molar-refractivity contribution in [1.82, 2.24) is 0 Å². The Morgan fingerprint density at radius 1 is 0.969 bits per heavy atom. The minimum absolute atomic E-state index is 0.0800. The molecule has 1 fully saturated rings. The van der Waals surface area contributed by atoms with Crippen LogP contribution >= 0.6 is 11.6 Å². The molecule has 4 rings (SSSR count). The molecule has 0 aromatic heterocycles. The number of methoxy groups -OCH3 is 1. The molecule has 0 saturated carbocycles. The zero-order chi connectivity index (χ0) is 23.0. The Hall–Kier alpha value is -3.71. The number of ether oxygens (including phenoxy) is 1. The minimum Gasteiger partial charge on any atom is -0.507 e. The van der Waals surface area contributed by atoms with Gasteiger partial charge in [-0.15, -0.1) is 0 Å². The van der Waals surface area contributed by atoms with Gasteiger partial charge in [0.2, 0.25) is 0 Å². The quantitative estimate of drug-likeness (QED) is 0.331. The average Bonchev–Trinajstić information content (AvgIpc) is 3.05. The van der Waals surface area contributed by atoms with Crippen LogP contribution in [0.1, 0.15) is 17.2 Å². The monoisotopic (exact) mass is 455 g/mol. The van der Waals surface area contributed by atoms with Crippen molar-refractivity contribution >= 4 is 34.7 Å². The minimum atomic E-state index is -1.06. The number of amides is 1. The summed E-state index contributed by atoms with van der Waals surface area (Å²) in [6, 6.07) is 13.8. The maximum Gasteiger partial charge on any atom is 0.300 e. The molecule has 5 nitrogen and oxygen atoms in total. The average molecular weight is 456 g/mol. The normalized spacial score (nSPS) is 17.6. The van der Waals surface area contributed by atoms with Crippen LogP contribution in [-0.4, -0.2) is 23.9 Å². The fourth-order valence-corrected chi connectivity index (χ4v) is 3.80. The highest BCUT2D eigenvalue weighted by atomic mass is 35.5. The molecule has 3 aromatic carbocycles. The molecule has 1 unspecified atom stereocenters. The summed E-state index contributed by atoms with van der Waals surface area (Å²) in [7, 11) is 1.33. The summed E-state index contributed by atoms with van der Waals surface area (Å²) in [6.07, 6.45) is 0. The number of anilines is 1. The summed E-state index contributed by atoms with van der Waals surface area (Å²) in [5, 5.41) is 11.5. The van der Waals surface area contributed by atoms with Crippen molar-refractivity contribution in [3.05, 3.63) is 100 Å². The Bertz CT molecular complexity index is 1240. The first-order valence-corrected chi connectivity index (χ1v) is 9.85. The van der Waals surface area contributed by atoms with Gasteiger partial charge >= 0.3 is 0 Å². The molecule has 32 heavy (non-hydrogen) atoms. The number of hydrogen-bond acceptors (Lipinski definition) is 4. The van der Waals surface area contributed by atoms with Crippen LogP contribution in [0.3, 0.4) is 0 Å². The molecule has 0 radical (unpaired) electrons. The second kappa shape index (κ2) is 8.43. The first-order chi connectivity index (χ1) is 15.3. The molecule has 1 N–H and O–H groups in total. The third-order valence-corrected chi connectivity index (χ3v) is 5.40. The van der Waals surface area contributed by atoms with Gasteiger partial charge in [0.15, 0.2) is 0 Å². The van der Waals surface area contributed by atoms with Crippen molar-refractivity contribution in [2.75, 3.05) is 12.0 Å². The third-order valence-electron chi connectivity index (χ3n) is 5.15.